The van der Waals surface area contributed by atoms with Gasteiger partial charge in [-0.2, -0.15) is 13.2 Å². The first-order chi connectivity index (χ1) is 10.8. The highest BCUT2D eigenvalue weighted by molar-refractivity contribution is 5.95. The molecule has 126 valence electrons. The molecular formula is C15H17F3N2O3. The van der Waals surface area contributed by atoms with Crippen LogP contribution >= 0.6 is 0 Å². The molecule has 0 unspecified atom stereocenters. The number of carbonyl (C=O) groups excluding carboxylic acids is 2. The minimum Gasteiger partial charge on any atom is -0.508 e. The van der Waals surface area contributed by atoms with Crippen LogP contribution in [-0.2, 0) is 4.79 Å². The Morgan fingerprint density at radius 3 is 2.74 bits per heavy atom. The summed E-state index contributed by atoms with van der Waals surface area (Å²) in [6.45, 7) is -0.876. The molecule has 2 N–H and O–H groups in total. The first-order valence-electron chi connectivity index (χ1n) is 7.19. The molecule has 1 fully saturated rings. The summed E-state index contributed by atoms with van der Waals surface area (Å²) in [4.78, 5) is 25.6. The zero-order chi connectivity index (χ0) is 17.0. The van der Waals surface area contributed by atoms with E-state index in [-0.39, 0.29) is 23.8 Å². The van der Waals surface area contributed by atoms with E-state index in [9.17, 15) is 27.9 Å². The minimum atomic E-state index is -4.46. The van der Waals surface area contributed by atoms with Gasteiger partial charge in [-0.25, -0.2) is 0 Å². The summed E-state index contributed by atoms with van der Waals surface area (Å²) in [5.74, 6) is -1.76. The van der Waals surface area contributed by atoms with Crippen LogP contribution in [0.5, 0.6) is 5.75 Å². The van der Waals surface area contributed by atoms with Gasteiger partial charge in [0.05, 0.1) is 5.92 Å². The van der Waals surface area contributed by atoms with E-state index >= 15 is 0 Å². The molecule has 0 bridgehead atoms. The number of phenolic OH excluding ortho intramolecular Hbond substituents is 1. The van der Waals surface area contributed by atoms with Crippen molar-refractivity contribution in [1.29, 1.82) is 0 Å². The third-order valence-electron chi connectivity index (χ3n) is 3.64. The van der Waals surface area contributed by atoms with E-state index in [1.807, 2.05) is 5.32 Å². The van der Waals surface area contributed by atoms with Gasteiger partial charge < -0.3 is 15.3 Å². The topological polar surface area (TPSA) is 69.6 Å². The van der Waals surface area contributed by atoms with E-state index in [2.05, 4.69) is 0 Å². The lowest BCUT2D eigenvalue weighted by molar-refractivity contribution is -0.141. The van der Waals surface area contributed by atoms with Crippen molar-refractivity contribution >= 4 is 11.8 Å². The van der Waals surface area contributed by atoms with Crippen LogP contribution in [0, 0.1) is 5.92 Å². The molecule has 0 saturated carbocycles. The predicted octanol–water partition coefficient (Wildman–Crippen LogP) is 1.92. The number of benzene rings is 1. The molecule has 23 heavy (non-hydrogen) atoms. The summed E-state index contributed by atoms with van der Waals surface area (Å²) in [6, 6.07) is 5.81. The monoisotopic (exact) mass is 330 g/mol. The van der Waals surface area contributed by atoms with Crippen molar-refractivity contribution in [2.24, 2.45) is 5.92 Å². The van der Waals surface area contributed by atoms with Gasteiger partial charge in [0.1, 0.15) is 12.3 Å². The summed E-state index contributed by atoms with van der Waals surface area (Å²) in [6.07, 6.45) is -3.48. The molecule has 5 nitrogen and oxygen atoms in total. The van der Waals surface area contributed by atoms with Gasteiger partial charge in [0.25, 0.3) is 5.91 Å². The Hall–Kier alpha value is -2.25. The second-order valence-corrected chi connectivity index (χ2v) is 5.47. The van der Waals surface area contributed by atoms with Crippen molar-refractivity contribution < 1.29 is 27.9 Å². The highest BCUT2D eigenvalue weighted by Crippen LogP contribution is 2.21. The molecule has 0 aliphatic carbocycles. The number of halogens is 3. The third-order valence-corrected chi connectivity index (χ3v) is 3.64. The van der Waals surface area contributed by atoms with E-state index in [1.54, 1.807) is 0 Å². The number of rotatable bonds is 3. The van der Waals surface area contributed by atoms with E-state index in [4.69, 9.17) is 0 Å². The Balaban J connectivity index is 1.97. The standard InChI is InChI=1S/C15H17F3N2O3/c16-15(17,18)9-19-13(22)11-4-2-6-20(8-11)14(23)10-3-1-5-12(21)7-10/h1,3,5,7,11,21H,2,4,6,8-9H2,(H,19,22)/t11-/m0/s1. The quantitative estimate of drug-likeness (QED) is 0.890. The number of piperidine rings is 1. The fraction of sp³-hybridized carbons (Fsp3) is 0.467. The van der Waals surface area contributed by atoms with Crippen LogP contribution in [0.2, 0.25) is 0 Å². The molecule has 8 heteroatoms. The minimum absolute atomic E-state index is 0.0488. The number of nitrogens with zero attached hydrogens (tertiary/aromatic N) is 1. The molecule has 2 rings (SSSR count). The fourth-order valence-corrected chi connectivity index (χ4v) is 2.53. The van der Waals surface area contributed by atoms with Crippen molar-refractivity contribution in [3.63, 3.8) is 0 Å². The van der Waals surface area contributed by atoms with Crippen LogP contribution in [0.3, 0.4) is 0 Å². The molecule has 1 aromatic rings. The van der Waals surface area contributed by atoms with Crippen molar-refractivity contribution in [3.8, 4) is 5.75 Å². The molecule has 1 aliphatic heterocycles. The van der Waals surface area contributed by atoms with Gasteiger partial charge in [0, 0.05) is 18.7 Å². The van der Waals surface area contributed by atoms with Crippen LogP contribution in [0.1, 0.15) is 23.2 Å². The van der Waals surface area contributed by atoms with Crippen molar-refractivity contribution in [2.45, 2.75) is 19.0 Å². The van der Waals surface area contributed by atoms with Gasteiger partial charge in [-0.05, 0) is 31.0 Å². The molecule has 1 atom stereocenters. The first kappa shape index (κ1) is 17.1. The Kier molecular flexibility index (Phi) is 5.12. The average Bonchev–Trinajstić information content (AvgIpc) is 2.51. The number of alkyl halides is 3. The summed E-state index contributed by atoms with van der Waals surface area (Å²) >= 11 is 0. The SMILES string of the molecule is O=C(NCC(F)(F)F)[C@H]1CCCN(C(=O)c2cccc(O)c2)C1. The molecule has 2 amide bonds. The summed E-state index contributed by atoms with van der Waals surface area (Å²) in [5, 5.41) is 11.3. The van der Waals surface area contributed by atoms with Crippen LogP contribution in [0.25, 0.3) is 0 Å². The maximum absolute atomic E-state index is 12.3. The summed E-state index contributed by atoms with van der Waals surface area (Å²) < 4.78 is 36.4. The lowest BCUT2D eigenvalue weighted by Gasteiger charge is -2.32. The van der Waals surface area contributed by atoms with E-state index in [1.165, 1.54) is 29.2 Å². The molecule has 1 aromatic carbocycles. The molecule has 1 aliphatic rings. The Morgan fingerprint density at radius 1 is 1.35 bits per heavy atom. The number of likely N-dealkylation sites (tertiary alicyclic amines) is 1. The van der Waals surface area contributed by atoms with Crippen molar-refractivity contribution in [2.75, 3.05) is 19.6 Å². The van der Waals surface area contributed by atoms with E-state index in [0.29, 0.717) is 19.4 Å². The molecule has 0 aromatic heterocycles. The molecule has 0 spiro atoms. The highest BCUT2D eigenvalue weighted by atomic mass is 19.4. The number of hydrogen-bond donors (Lipinski definition) is 2. The third kappa shape index (κ3) is 4.87. The second kappa shape index (κ2) is 6.89. The largest absolute Gasteiger partial charge is 0.508 e. The van der Waals surface area contributed by atoms with E-state index in [0.717, 1.165) is 0 Å². The number of aromatic hydroxyl groups is 1. The number of phenols is 1. The van der Waals surface area contributed by atoms with Crippen LogP contribution < -0.4 is 5.32 Å². The first-order valence-corrected chi connectivity index (χ1v) is 7.19. The normalized spacial score (nSPS) is 18.6. The molecule has 1 saturated heterocycles. The zero-order valence-electron chi connectivity index (χ0n) is 12.3. The number of amides is 2. The maximum atomic E-state index is 12.3. The highest BCUT2D eigenvalue weighted by Gasteiger charge is 2.32. The summed E-state index contributed by atoms with van der Waals surface area (Å²) in [7, 11) is 0. The van der Waals surface area contributed by atoms with Gasteiger partial charge >= 0.3 is 6.18 Å². The van der Waals surface area contributed by atoms with Gasteiger partial charge in [-0.1, -0.05) is 6.07 Å². The predicted molar refractivity (Wildman–Crippen MR) is 75.8 cm³/mol. The average molecular weight is 330 g/mol. The second-order valence-electron chi connectivity index (χ2n) is 5.47. The van der Waals surface area contributed by atoms with Crippen molar-refractivity contribution in [1.82, 2.24) is 10.2 Å². The van der Waals surface area contributed by atoms with Gasteiger partial charge in [-0.15, -0.1) is 0 Å². The lowest BCUT2D eigenvalue weighted by atomic mass is 9.96. The Morgan fingerprint density at radius 2 is 2.09 bits per heavy atom. The Labute approximate surface area is 131 Å². The van der Waals surface area contributed by atoms with Crippen LogP contribution in [0.15, 0.2) is 24.3 Å². The van der Waals surface area contributed by atoms with Crippen molar-refractivity contribution in [3.05, 3.63) is 29.8 Å². The number of hydrogen-bond acceptors (Lipinski definition) is 3. The lowest BCUT2D eigenvalue weighted by Crippen LogP contribution is -2.47. The number of nitrogens with one attached hydrogen (secondary N) is 1. The summed E-state index contributed by atoms with van der Waals surface area (Å²) in [5.41, 5.74) is 0.279. The Bertz CT molecular complexity index is 590. The van der Waals surface area contributed by atoms with Crippen LogP contribution in [0.4, 0.5) is 13.2 Å². The zero-order valence-corrected chi connectivity index (χ0v) is 12.3. The number of carbonyl (C=O) groups is 2. The van der Waals surface area contributed by atoms with Gasteiger partial charge in [0.15, 0.2) is 0 Å². The smallest absolute Gasteiger partial charge is 0.405 e. The van der Waals surface area contributed by atoms with Gasteiger partial charge in [0.2, 0.25) is 5.91 Å². The van der Waals surface area contributed by atoms with E-state index < -0.39 is 24.5 Å². The van der Waals surface area contributed by atoms with Crippen LogP contribution in [-0.4, -0.2) is 47.6 Å². The molecule has 0 radical (unpaired) electrons. The maximum Gasteiger partial charge on any atom is 0.405 e. The molecular weight excluding hydrogens is 313 g/mol. The van der Waals surface area contributed by atoms with Gasteiger partial charge in [-0.3, -0.25) is 9.59 Å². The fourth-order valence-electron chi connectivity index (χ4n) is 2.53. The molecule has 1 heterocycles.